The van der Waals surface area contributed by atoms with Gasteiger partial charge < -0.3 is 14.6 Å². The number of anilines is 1. The molecule has 2 fully saturated rings. The van der Waals surface area contributed by atoms with E-state index >= 15 is 0 Å². The third-order valence-corrected chi connectivity index (χ3v) is 4.53. The van der Waals surface area contributed by atoms with Crippen LogP contribution >= 0.6 is 0 Å². The zero-order valence-corrected chi connectivity index (χ0v) is 13.9. The first-order valence-electron chi connectivity index (χ1n) is 8.43. The average molecular weight is 341 g/mol. The lowest BCUT2D eigenvalue weighted by Gasteiger charge is -2.17. The van der Waals surface area contributed by atoms with Crippen LogP contribution in [0.4, 0.5) is 10.5 Å². The Morgan fingerprint density at radius 3 is 2.92 bits per heavy atom. The SMILES string of the molecule is C[C@H](NC(=O)c1cc(C2CC2)on1)c1cccc(N2CCOC2=O)c1. The van der Waals surface area contributed by atoms with Gasteiger partial charge in [-0.15, -0.1) is 0 Å². The number of nitrogens with zero attached hydrogens (tertiary/aromatic N) is 2. The number of nitrogens with one attached hydrogen (secondary N) is 1. The highest BCUT2D eigenvalue weighted by Gasteiger charge is 2.29. The lowest BCUT2D eigenvalue weighted by atomic mass is 10.1. The first-order valence-corrected chi connectivity index (χ1v) is 8.43. The summed E-state index contributed by atoms with van der Waals surface area (Å²) < 4.78 is 10.2. The van der Waals surface area contributed by atoms with Gasteiger partial charge in [0.1, 0.15) is 12.4 Å². The molecular weight excluding hydrogens is 322 g/mol. The highest BCUT2D eigenvalue weighted by Crippen LogP contribution is 2.40. The maximum Gasteiger partial charge on any atom is 0.414 e. The van der Waals surface area contributed by atoms with Crippen LogP contribution in [0.25, 0.3) is 0 Å². The van der Waals surface area contributed by atoms with Gasteiger partial charge in [0.05, 0.1) is 12.6 Å². The molecule has 25 heavy (non-hydrogen) atoms. The molecule has 4 rings (SSSR count). The first kappa shape index (κ1) is 15.7. The van der Waals surface area contributed by atoms with Gasteiger partial charge in [-0.05, 0) is 37.5 Å². The normalized spacial score (nSPS) is 18.1. The number of benzene rings is 1. The van der Waals surface area contributed by atoms with Crippen LogP contribution in [0.2, 0.25) is 0 Å². The molecule has 1 atom stereocenters. The molecule has 0 unspecified atom stereocenters. The molecule has 0 radical (unpaired) electrons. The fourth-order valence-corrected chi connectivity index (χ4v) is 2.90. The van der Waals surface area contributed by atoms with Crippen molar-refractivity contribution in [2.75, 3.05) is 18.1 Å². The Morgan fingerprint density at radius 1 is 1.36 bits per heavy atom. The van der Waals surface area contributed by atoms with Crippen molar-refractivity contribution in [2.45, 2.75) is 31.7 Å². The third kappa shape index (κ3) is 3.22. The fourth-order valence-electron chi connectivity index (χ4n) is 2.90. The van der Waals surface area contributed by atoms with Crippen LogP contribution in [0.1, 0.15) is 53.5 Å². The number of cyclic esters (lactones) is 1. The van der Waals surface area contributed by atoms with Crippen molar-refractivity contribution in [3.05, 3.63) is 47.3 Å². The second kappa shape index (κ2) is 6.23. The smallest absolute Gasteiger partial charge is 0.414 e. The lowest BCUT2D eigenvalue weighted by Crippen LogP contribution is -2.27. The van der Waals surface area contributed by atoms with Gasteiger partial charge >= 0.3 is 6.09 Å². The van der Waals surface area contributed by atoms with Gasteiger partial charge in [0.25, 0.3) is 5.91 Å². The lowest BCUT2D eigenvalue weighted by molar-refractivity contribution is 0.0930. The number of hydrogen-bond donors (Lipinski definition) is 1. The minimum absolute atomic E-state index is 0.229. The Kier molecular flexibility index (Phi) is 3.91. The molecule has 130 valence electrons. The third-order valence-electron chi connectivity index (χ3n) is 4.53. The predicted molar refractivity (Wildman–Crippen MR) is 89.5 cm³/mol. The molecule has 1 aromatic carbocycles. The molecule has 2 amide bonds. The number of hydrogen-bond acceptors (Lipinski definition) is 5. The number of ether oxygens (including phenoxy) is 1. The van der Waals surface area contributed by atoms with Crippen LogP contribution in [-0.4, -0.2) is 30.3 Å². The zero-order chi connectivity index (χ0) is 17.4. The van der Waals surface area contributed by atoms with E-state index in [9.17, 15) is 9.59 Å². The van der Waals surface area contributed by atoms with E-state index in [1.807, 2.05) is 31.2 Å². The molecule has 1 aromatic heterocycles. The minimum atomic E-state index is -0.343. The maximum atomic E-state index is 12.4. The summed E-state index contributed by atoms with van der Waals surface area (Å²) in [6, 6.07) is 9.00. The van der Waals surface area contributed by atoms with Gasteiger partial charge in [0.2, 0.25) is 0 Å². The van der Waals surface area contributed by atoms with Crippen LogP contribution in [-0.2, 0) is 4.74 Å². The van der Waals surface area contributed by atoms with Gasteiger partial charge in [-0.3, -0.25) is 9.69 Å². The number of rotatable bonds is 5. The van der Waals surface area contributed by atoms with E-state index in [-0.39, 0.29) is 18.0 Å². The van der Waals surface area contributed by atoms with Crippen LogP contribution in [0.15, 0.2) is 34.9 Å². The molecule has 0 spiro atoms. The van der Waals surface area contributed by atoms with E-state index < -0.39 is 0 Å². The second-order valence-electron chi connectivity index (χ2n) is 6.44. The van der Waals surface area contributed by atoms with Gasteiger partial charge in [-0.25, -0.2) is 4.79 Å². The molecule has 7 nitrogen and oxygen atoms in total. The van der Waals surface area contributed by atoms with Crippen molar-refractivity contribution >= 4 is 17.7 Å². The minimum Gasteiger partial charge on any atom is -0.447 e. The molecule has 0 bridgehead atoms. The van der Waals surface area contributed by atoms with E-state index in [1.165, 1.54) is 0 Å². The van der Waals surface area contributed by atoms with Crippen molar-refractivity contribution in [2.24, 2.45) is 0 Å². The molecule has 1 aliphatic heterocycles. The summed E-state index contributed by atoms with van der Waals surface area (Å²) in [7, 11) is 0. The van der Waals surface area contributed by atoms with E-state index in [4.69, 9.17) is 9.26 Å². The number of carbonyl (C=O) groups is 2. The Bertz CT molecular complexity index is 812. The Morgan fingerprint density at radius 2 is 2.20 bits per heavy atom. The summed E-state index contributed by atoms with van der Waals surface area (Å²) >= 11 is 0. The first-order chi connectivity index (χ1) is 12.1. The molecule has 1 N–H and O–H groups in total. The Labute approximate surface area is 144 Å². The van der Waals surface area contributed by atoms with Gasteiger partial charge in [-0.1, -0.05) is 17.3 Å². The van der Waals surface area contributed by atoms with Crippen molar-refractivity contribution in [3.63, 3.8) is 0 Å². The van der Waals surface area contributed by atoms with Crippen LogP contribution < -0.4 is 10.2 Å². The zero-order valence-electron chi connectivity index (χ0n) is 13.9. The predicted octanol–water partition coefficient (Wildman–Crippen LogP) is 3.00. The number of amides is 2. The molecule has 2 aromatic rings. The highest BCUT2D eigenvalue weighted by atomic mass is 16.6. The molecule has 1 saturated carbocycles. The van der Waals surface area contributed by atoms with Crippen LogP contribution in [0.5, 0.6) is 0 Å². The largest absolute Gasteiger partial charge is 0.447 e. The van der Waals surface area contributed by atoms with Gasteiger partial charge in [0, 0.05) is 17.7 Å². The topological polar surface area (TPSA) is 84.7 Å². The number of aromatic nitrogens is 1. The standard InChI is InChI=1S/C18H19N3O4/c1-11(19-17(22)15-10-16(25-20-15)12-5-6-12)13-3-2-4-14(9-13)21-7-8-24-18(21)23/h2-4,9-12H,5-8H2,1H3,(H,19,22)/t11-/m0/s1. The average Bonchev–Trinajstić information content (AvgIpc) is 3.18. The van der Waals surface area contributed by atoms with E-state index in [2.05, 4.69) is 10.5 Å². The summed E-state index contributed by atoms with van der Waals surface area (Å²) in [5.41, 5.74) is 1.96. The van der Waals surface area contributed by atoms with Gasteiger partial charge in [0.15, 0.2) is 5.69 Å². The molecule has 2 aliphatic rings. The molecule has 1 aliphatic carbocycles. The summed E-state index contributed by atoms with van der Waals surface area (Å²) in [5.74, 6) is 0.935. The van der Waals surface area contributed by atoms with Crippen molar-refractivity contribution in [1.82, 2.24) is 10.5 Å². The maximum absolute atomic E-state index is 12.4. The Balaban J connectivity index is 1.45. The summed E-state index contributed by atoms with van der Waals surface area (Å²) in [6.07, 6.45) is 1.85. The Hall–Kier alpha value is -2.83. The quantitative estimate of drug-likeness (QED) is 0.904. The van der Waals surface area contributed by atoms with Gasteiger partial charge in [-0.2, -0.15) is 0 Å². The van der Waals surface area contributed by atoms with E-state index in [1.54, 1.807) is 11.0 Å². The van der Waals surface area contributed by atoms with Crippen molar-refractivity contribution in [3.8, 4) is 0 Å². The van der Waals surface area contributed by atoms with E-state index in [0.29, 0.717) is 24.8 Å². The number of carbonyl (C=O) groups excluding carboxylic acids is 2. The molecular formula is C18H19N3O4. The monoisotopic (exact) mass is 341 g/mol. The van der Waals surface area contributed by atoms with Crippen LogP contribution in [0.3, 0.4) is 0 Å². The highest BCUT2D eigenvalue weighted by molar-refractivity contribution is 5.92. The second-order valence-corrected chi connectivity index (χ2v) is 6.44. The molecule has 2 heterocycles. The summed E-state index contributed by atoms with van der Waals surface area (Å²) in [4.78, 5) is 25.6. The van der Waals surface area contributed by atoms with Crippen LogP contribution in [0, 0.1) is 0 Å². The fraction of sp³-hybridized carbons (Fsp3) is 0.389. The summed E-state index contributed by atoms with van der Waals surface area (Å²) in [5, 5.41) is 6.78. The molecule has 7 heteroatoms. The van der Waals surface area contributed by atoms with Crippen molar-refractivity contribution in [1.29, 1.82) is 0 Å². The summed E-state index contributed by atoms with van der Waals surface area (Å²) in [6.45, 7) is 2.82. The van der Waals surface area contributed by atoms with E-state index in [0.717, 1.165) is 29.9 Å². The van der Waals surface area contributed by atoms with Crippen molar-refractivity contribution < 1.29 is 18.8 Å². The molecule has 1 saturated heterocycles.